The topological polar surface area (TPSA) is 54.5 Å². The molecule has 2 fully saturated rings. The minimum Gasteiger partial charge on any atom is -0.298 e. The zero-order chi connectivity index (χ0) is 24.7. The summed E-state index contributed by atoms with van der Waals surface area (Å²) >= 11 is 0. The van der Waals surface area contributed by atoms with E-state index >= 15 is 0 Å². The van der Waals surface area contributed by atoms with Crippen LogP contribution in [-0.2, 0) is 14.4 Å². The molecular formula is C31H27NO3. The van der Waals surface area contributed by atoms with E-state index < -0.39 is 22.7 Å². The Kier molecular flexibility index (Phi) is 4.41. The van der Waals surface area contributed by atoms with Crippen LogP contribution >= 0.6 is 0 Å². The van der Waals surface area contributed by atoms with E-state index in [0.717, 1.165) is 33.4 Å². The number of carbonyl (C=O) groups is 3. The Balaban J connectivity index is 1.61. The third-order valence-electron chi connectivity index (χ3n) is 8.66. The van der Waals surface area contributed by atoms with E-state index in [2.05, 4.69) is 0 Å². The maximum atomic E-state index is 14.3. The van der Waals surface area contributed by atoms with Gasteiger partial charge in [0.25, 0.3) is 0 Å². The van der Waals surface area contributed by atoms with Gasteiger partial charge in [0.1, 0.15) is 0 Å². The van der Waals surface area contributed by atoms with Crippen LogP contribution < -0.4 is 4.90 Å². The number of Topliss-reactive ketones (excluding diaryl/α,β-unsaturated/α-hetero) is 1. The molecule has 1 saturated heterocycles. The first-order valence-electron chi connectivity index (χ1n) is 12.1. The summed E-state index contributed by atoms with van der Waals surface area (Å²) in [4.78, 5) is 43.6. The average Bonchev–Trinajstić information content (AvgIpc) is 3.31. The van der Waals surface area contributed by atoms with E-state index in [9.17, 15) is 14.4 Å². The van der Waals surface area contributed by atoms with Gasteiger partial charge in [0.05, 0.1) is 28.4 Å². The van der Waals surface area contributed by atoms with Crippen LogP contribution in [0.15, 0.2) is 78.9 Å². The highest BCUT2D eigenvalue weighted by Crippen LogP contribution is 2.73. The number of nitrogens with zero attached hydrogens (tertiary/aromatic N) is 1. The quantitative estimate of drug-likeness (QED) is 0.475. The molecule has 0 aromatic heterocycles. The highest BCUT2D eigenvalue weighted by atomic mass is 16.2. The van der Waals surface area contributed by atoms with Gasteiger partial charge in [-0.05, 0) is 73.2 Å². The van der Waals surface area contributed by atoms with Crippen LogP contribution in [0.2, 0.25) is 0 Å². The molecule has 174 valence electrons. The minimum atomic E-state index is -1.09. The van der Waals surface area contributed by atoms with E-state index in [0.29, 0.717) is 5.69 Å². The monoisotopic (exact) mass is 461 g/mol. The van der Waals surface area contributed by atoms with Crippen molar-refractivity contribution in [3.05, 3.63) is 101 Å². The first-order chi connectivity index (χ1) is 16.7. The second kappa shape index (κ2) is 7.11. The second-order valence-corrected chi connectivity index (χ2v) is 10.5. The number of carbonyl (C=O) groups excluding carboxylic acids is 3. The summed E-state index contributed by atoms with van der Waals surface area (Å²) in [5.41, 5.74) is 4.12. The minimum absolute atomic E-state index is 0.0286. The molecule has 2 amide bonds. The van der Waals surface area contributed by atoms with Crippen LogP contribution in [0.4, 0.5) is 5.69 Å². The van der Waals surface area contributed by atoms with Crippen molar-refractivity contribution < 1.29 is 14.4 Å². The van der Waals surface area contributed by atoms with Gasteiger partial charge in [0, 0.05) is 0 Å². The fourth-order valence-electron chi connectivity index (χ4n) is 6.93. The normalized spacial score (nSPS) is 29.4. The van der Waals surface area contributed by atoms with Crippen molar-refractivity contribution in [3.8, 4) is 0 Å². The second-order valence-electron chi connectivity index (χ2n) is 10.5. The molecule has 0 unspecified atom stereocenters. The number of hydrogen-bond acceptors (Lipinski definition) is 3. The highest BCUT2D eigenvalue weighted by Gasteiger charge is 2.78. The van der Waals surface area contributed by atoms with Gasteiger partial charge in [0.15, 0.2) is 5.78 Å². The Morgan fingerprint density at radius 2 is 1.09 bits per heavy atom. The lowest BCUT2D eigenvalue weighted by Crippen LogP contribution is -2.40. The number of amides is 2. The van der Waals surface area contributed by atoms with Gasteiger partial charge in [-0.15, -0.1) is 0 Å². The van der Waals surface area contributed by atoms with E-state index in [1.807, 2.05) is 107 Å². The van der Waals surface area contributed by atoms with Gasteiger partial charge >= 0.3 is 0 Å². The van der Waals surface area contributed by atoms with Crippen molar-refractivity contribution >= 4 is 34.4 Å². The molecule has 1 saturated carbocycles. The molecule has 35 heavy (non-hydrogen) atoms. The van der Waals surface area contributed by atoms with E-state index in [4.69, 9.17) is 0 Å². The first kappa shape index (κ1) is 21.7. The van der Waals surface area contributed by atoms with Crippen molar-refractivity contribution in [2.24, 2.45) is 22.7 Å². The van der Waals surface area contributed by atoms with Gasteiger partial charge in [-0.1, -0.05) is 66.7 Å². The predicted molar refractivity (Wildman–Crippen MR) is 136 cm³/mol. The number of anilines is 1. The summed E-state index contributed by atoms with van der Waals surface area (Å²) in [6.07, 6.45) is 0. The Labute approximate surface area is 205 Å². The number of fused-ring (bicyclic) bond motifs is 5. The molecule has 3 aliphatic rings. The van der Waals surface area contributed by atoms with Crippen LogP contribution in [0.25, 0.3) is 11.1 Å². The number of rotatable bonds is 3. The lowest BCUT2D eigenvalue weighted by atomic mass is 9.63. The molecule has 3 aromatic rings. The lowest BCUT2D eigenvalue weighted by Gasteiger charge is -2.35. The molecule has 1 aliphatic heterocycles. The molecule has 1 heterocycles. The fraction of sp³-hybridized carbons (Fsp3) is 0.258. The van der Waals surface area contributed by atoms with Crippen LogP contribution in [0.5, 0.6) is 0 Å². The Morgan fingerprint density at radius 1 is 0.629 bits per heavy atom. The number of aryl methyl sites for hydroxylation is 2. The molecule has 2 aliphatic carbocycles. The van der Waals surface area contributed by atoms with Gasteiger partial charge in [-0.2, -0.15) is 0 Å². The molecular weight excluding hydrogens is 434 g/mol. The smallest absolute Gasteiger partial charge is 0.239 e. The zero-order valence-electron chi connectivity index (χ0n) is 20.3. The van der Waals surface area contributed by atoms with Crippen molar-refractivity contribution in [1.82, 2.24) is 0 Å². The SMILES string of the molecule is Cc1ccc(N2C(=O)[C@H]3[C@H](C2=O)[C@@]2(C)C(=O)[C@@]3(C)C(c3ccccc3)=C2c2ccccc2)cc1C. The highest BCUT2D eigenvalue weighted by molar-refractivity contribution is 6.34. The number of hydrogen-bond donors (Lipinski definition) is 0. The van der Waals surface area contributed by atoms with E-state index in [1.165, 1.54) is 4.90 Å². The molecule has 2 bridgehead atoms. The van der Waals surface area contributed by atoms with Gasteiger partial charge in [-0.25, -0.2) is 4.90 Å². The first-order valence-corrected chi connectivity index (χ1v) is 12.1. The Hall–Kier alpha value is -3.79. The molecule has 0 N–H and O–H groups in total. The van der Waals surface area contributed by atoms with Crippen LogP contribution in [0.3, 0.4) is 0 Å². The van der Waals surface area contributed by atoms with Crippen LogP contribution in [0, 0.1) is 36.5 Å². The molecule has 6 rings (SSSR count). The molecule has 4 heteroatoms. The summed E-state index contributed by atoms with van der Waals surface area (Å²) < 4.78 is 0. The molecule has 3 aromatic carbocycles. The van der Waals surface area contributed by atoms with Gasteiger partial charge in [-0.3, -0.25) is 14.4 Å². The van der Waals surface area contributed by atoms with Crippen molar-refractivity contribution in [2.75, 3.05) is 4.90 Å². The maximum Gasteiger partial charge on any atom is 0.239 e. The van der Waals surface area contributed by atoms with Gasteiger partial charge < -0.3 is 0 Å². The standard InChI is InChI=1S/C31H27NO3/c1-18-15-16-22(17-19(18)2)32-27(33)25-26(28(32)34)31(4)24(21-13-9-6-10-14-21)23(30(25,3)29(31)35)20-11-7-5-8-12-20/h5-17,25-26H,1-4H3/t25-,26-,30+,31+/m1/s1. The summed E-state index contributed by atoms with van der Waals surface area (Å²) in [6.45, 7) is 7.74. The summed E-state index contributed by atoms with van der Waals surface area (Å²) in [5.74, 6) is -2.03. The zero-order valence-corrected chi connectivity index (χ0v) is 20.3. The van der Waals surface area contributed by atoms with Crippen LogP contribution in [-0.4, -0.2) is 17.6 Å². The molecule has 0 radical (unpaired) electrons. The van der Waals surface area contributed by atoms with E-state index in [1.54, 1.807) is 0 Å². The Bertz CT molecular complexity index is 1370. The Morgan fingerprint density at radius 3 is 1.51 bits per heavy atom. The van der Waals surface area contributed by atoms with E-state index in [-0.39, 0.29) is 17.6 Å². The molecule has 0 spiro atoms. The lowest BCUT2D eigenvalue weighted by molar-refractivity contribution is -0.133. The van der Waals surface area contributed by atoms with Crippen LogP contribution in [0.1, 0.15) is 36.1 Å². The number of benzene rings is 3. The van der Waals surface area contributed by atoms with Crippen molar-refractivity contribution in [1.29, 1.82) is 0 Å². The van der Waals surface area contributed by atoms with Crippen molar-refractivity contribution in [3.63, 3.8) is 0 Å². The summed E-state index contributed by atoms with van der Waals surface area (Å²) in [5, 5.41) is 0. The summed E-state index contributed by atoms with van der Waals surface area (Å²) in [6, 6.07) is 25.3. The third-order valence-corrected chi connectivity index (χ3v) is 8.66. The number of ketones is 1. The largest absolute Gasteiger partial charge is 0.298 e. The maximum absolute atomic E-state index is 14.3. The van der Waals surface area contributed by atoms with Gasteiger partial charge in [0.2, 0.25) is 11.8 Å². The molecule has 4 atom stereocenters. The third kappa shape index (κ3) is 2.54. The average molecular weight is 462 g/mol. The fourth-order valence-corrected chi connectivity index (χ4v) is 6.93. The molecule has 4 nitrogen and oxygen atoms in total. The number of imide groups is 1. The van der Waals surface area contributed by atoms with Crippen molar-refractivity contribution in [2.45, 2.75) is 27.7 Å². The number of allylic oxidation sites excluding steroid dienone is 2. The predicted octanol–water partition coefficient (Wildman–Crippen LogP) is 5.63. The summed E-state index contributed by atoms with van der Waals surface area (Å²) in [7, 11) is 0.